The molecule has 0 unspecified atom stereocenters. The number of methoxy groups -OCH3 is 1. The van der Waals surface area contributed by atoms with Crippen molar-refractivity contribution in [2.45, 2.75) is 6.54 Å². The van der Waals surface area contributed by atoms with Crippen molar-refractivity contribution in [3.05, 3.63) is 58.1 Å². The van der Waals surface area contributed by atoms with E-state index >= 15 is 0 Å². The summed E-state index contributed by atoms with van der Waals surface area (Å²) in [6, 6.07) is 12.4. The molecule has 0 aliphatic heterocycles. The van der Waals surface area contributed by atoms with Crippen LogP contribution in [0.1, 0.15) is 5.56 Å². The second-order valence-electron chi connectivity index (χ2n) is 4.96. The molecule has 0 bridgehead atoms. The maximum absolute atomic E-state index is 12.2. The van der Waals surface area contributed by atoms with E-state index in [0.717, 1.165) is 11.3 Å². The summed E-state index contributed by atoms with van der Waals surface area (Å²) in [5, 5.41) is 0.921. The topological polar surface area (TPSA) is 38.8 Å². The Morgan fingerprint density at radius 1 is 1.13 bits per heavy atom. The predicted octanol–water partition coefficient (Wildman–Crippen LogP) is 4.04. The molecule has 0 fully saturated rings. The fourth-order valence-electron chi connectivity index (χ4n) is 2.04. The van der Waals surface area contributed by atoms with Crippen LogP contribution in [0.5, 0.6) is 11.5 Å². The number of amides is 1. The summed E-state index contributed by atoms with van der Waals surface area (Å²) < 4.78 is 10.7. The lowest BCUT2D eigenvalue weighted by Crippen LogP contribution is -2.31. The van der Waals surface area contributed by atoms with Gasteiger partial charge in [-0.15, -0.1) is 0 Å². The molecular weight excluding hydrogens is 337 g/mol. The molecule has 0 N–H and O–H groups in total. The van der Waals surface area contributed by atoms with Gasteiger partial charge in [0.15, 0.2) is 6.61 Å². The Morgan fingerprint density at radius 2 is 1.78 bits per heavy atom. The molecule has 6 heteroatoms. The Morgan fingerprint density at radius 3 is 2.43 bits per heavy atom. The summed E-state index contributed by atoms with van der Waals surface area (Å²) in [6.45, 7) is 0.338. The highest BCUT2D eigenvalue weighted by Crippen LogP contribution is 2.24. The van der Waals surface area contributed by atoms with Crippen LogP contribution < -0.4 is 9.47 Å². The highest BCUT2D eigenvalue weighted by Gasteiger charge is 2.13. The molecule has 0 saturated carbocycles. The number of likely N-dealkylation sites (N-methyl/N-ethyl adjacent to an activating group) is 1. The van der Waals surface area contributed by atoms with Crippen LogP contribution in [0.2, 0.25) is 10.0 Å². The third-order valence-corrected chi connectivity index (χ3v) is 3.66. The van der Waals surface area contributed by atoms with Crippen molar-refractivity contribution in [1.29, 1.82) is 0 Å². The third kappa shape index (κ3) is 5.05. The van der Waals surface area contributed by atoms with Crippen LogP contribution in [0.25, 0.3) is 0 Å². The van der Waals surface area contributed by atoms with E-state index in [1.54, 1.807) is 37.3 Å². The number of carbonyl (C=O) groups is 1. The summed E-state index contributed by atoms with van der Waals surface area (Å²) >= 11 is 11.8. The number of nitrogens with zero attached hydrogens (tertiary/aromatic N) is 1. The molecule has 2 aromatic carbocycles. The van der Waals surface area contributed by atoms with Gasteiger partial charge in [-0.1, -0.05) is 41.4 Å². The van der Waals surface area contributed by atoms with Crippen LogP contribution >= 0.6 is 23.2 Å². The van der Waals surface area contributed by atoms with Gasteiger partial charge in [0.2, 0.25) is 0 Å². The Kier molecular flexibility index (Phi) is 6.13. The van der Waals surface area contributed by atoms with Crippen LogP contribution in [-0.4, -0.2) is 31.6 Å². The minimum absolute atomic E-state index is 0.0949. The van der Waals surface area contributed by atoms with Crippen molar-refractivity contribution in [3.8, 4) is 11.5 Å². The number of benzene rings is 2. The molecule has 0 heterocycles. The van der Waals surface area contributed by atoms with E-state index in [0.29, 0.717) is 22.3 Å². The smallest absolute Gasteiger partial charge is 0.260 e. The lowest BCUT2D eigenvalue weighted by molar-refractivity contribution is -0.132. The van der Waals surface area contributed by atoms with Crippen molar-refractivity contribution in [3.63, 3.8) is 0 Å². The zero-order valence-corrected chi connectivity index (χ0v) is 14.4. The molecule has 0 aromatic heterocycles. The molecule has 23 heavy (non-hydrogen) atoms. The SMILES string of the molecule is COc1ccccc1CN(C)C(=O)COc1cc(Cl)cc(Cl)c1. The predicted molar refractivity (Wildman–Crippen MR) is 91.4 cm³/mol. The fraction of sp³-hybridized carbons (Fsp3) is 0.235. The summed E-state index contributed by atoms with van der Waals surface area (Å²) in [5.41, 5.74) is 0.927. The van der Waals surface area contributed by atoms with Gasteiger partial charge in [-0.3, -0.25) is 4.79 Å². The van der Waals surface area contributed by atoms with E-state index < -0.39 is 0 Å². The number of hydrogen-bond acceptors (Lipinski definition) is 3. The van der Waals surface area contributed by atoms with Crippen LogP contribution in [-0.2, 0) is 11.3 Å². The summed E-state index contributed by atoms with van der Waals surface area (Å²) in [7, 11) is 3.32. The molecule has 122 valence electrons. The van der Waals surface area contributed by atoms with Crippen LogP contribution in [0.3, 0.4) is 0 Å². The lowest BCUT2D eigenvalue weighted by atomic mass is 10.2. The summed E-state index contributed by atoms with van der Waals surface area (Å²) in [4.78, 5) is 13.8. The van der Waals surface area contributed by atoms with E-state index in [1.165, 1.54) is 0 Å². The van der Waals surface area contributed by atoms with Gasteiger partial charge in [0.1, 0.15) is 11.5 Å². The number of carbonyl (C=O) groups excluding carboxylic acids is 1. The van der Waals surface area contributed by atoms with Gasteiger partial charge < -0.3 is 14.4 Å². The van der Waals surface area contributed by atoms with Crippen molar-refractivity contribution in [2.75, 3.05) is 20.8 Å². The zero-order valence-electron chi connectivity index (χ0n) is 12.9. The molecule has 0 saturated heterocycles. The fourth-order valence-corrected chi connectivity index (χ4v) is 2.55. The van der Waals surface area contributed by atoms with E-state index in [9.17, 15) is 4.79 Å². The molecule has 0 atom stereocenters. The van der Waals surface area contributed by atoms with Crippen molar-refractivity contribution in [2.24, 2.45) is 0 Å². The molecule has 0 aliphatic rings. The maximum atomic E-state index is 12.2. The first-order chi connectivity index (χ1) is 11.0. The Hall–Kier alpha value is -1.91. The Labute approximate surface area is 145 Å². The van der Waals surface area contributed by atoms with Crippen molar-refractivity contribution >= 4 is 29.1 Å². The van der Waals surface area contributed by atoms with Gasteiger partial charge in [0.25, 0.3) is 5.91 Å². The standard InChI is InChI=1S/C17H17Cl2NO3/c1-20(10-12-5-3-4-6-16(12)22-2)17(21)11-23-15-8-13(18)7-14(19)9-15/h3-9H,10-11H2,1-2H3. The highest BCUT2D eigenvalue weighted by atomic mass is 35.5. The van der Waals surface area contributed by atoms with E-state index in [4.69, 9.17) is 32.7 Å². The third-order valence-electron chi connectivity index (χ3n) is 3.22. The Balaban J connectivity index is 1.94. The number of ether oxygens (including phenoxy) is 2. The first-order valence-electron chi connectivity index (χ1n) is 6.94. The average molecular weight is 354 g/mol. The first-order valence-corrected chi connectivity index (χ1v) is 7.70. The largest absolute Gasteiger partial charge is 0.496 e. The molecular formula is C17H17Cl2NO3. The quantitative estimate of drug-likeness (QED) is 0.786. The molecule has 0 spiro atoms. The number of hydrogen-bond donors (Lipinski definition) is 0. The zero-order chi connectivity index (χ0) is 16.8. The summed E-state index contributed by atoms with van der Waals surface area (Å²) in [5.74, 6) is 1.04. The van der Waals surface area contributed by atoms with Gasteiger partial charge >= 0.3 is 0 Å². The Bertz CT molecular complexity index is 671. The van der Waals surface area contributed by atoms with Crippen LogP contribution in [0, 0.1) is 0 Å². The summed E-state index contributed by atoms with van der Waals surface area (Å²) in [6.07, 6.45) is 0. The first kappa shape index (κ1) is 17.4. The van der Waals surface area contributed by atoms with Gasteiger partial charge in [-0.2, -0.15) is 0 Å². The molecule has 2 aromatic rings. The van der Waals surface area contributed by atoms with Crippen LogP contribution in [0.15, 0.2) is 42.5 Å². The number of halogens is 2. The van der Waals surface area contributed by atoms with Crippen molar-refractivity contribution < 1.29 is 14.3 Å². The minimum atomic E-state index is -0.160. The van der Waals surface area contributed by atoms with Gasteiger partial charge in [-0.25, -0.2) is 0 Å². The molecule has 0 aliphatic carbocycles. The molecule has 2 rings (SSSR count). The van der Waals surface area contributed by atoms with Crippen LogP contribution in [0.4, 0.5) is 0 Å². The van der Waals surface area contributed by atoms with E-state index in [2.05, 4.69) is 0 Å². The maximum Gasteiger partial charge on any atom is 0.260 e. The number of para-hydroxylation sites is 1. The van der Waals surface area contributed by atoms with Crippen molar-refractivity contribution in [1.82, 2.24) is 4.90 Å². The number of rotatable bonds is 6. The van der Waals surface area contributed by atoms with E-state index in [-0.39, 0.29) is 12.5 Å². The molecule has 4 nitrogen and oxygen atoms in total. The highest BCUT2D eigenvalue weighted by molar-refractivity contribution is 6.34. The monoisotopic (exact) mass is 353 g/mol. The van der Waals surface area contributed by atoms with Gasteiger partial charge in [0.05, 0.1) is 7.11 Å². The molecule has 0 radical (unpaired) electrons. The lowest BCUT2D eigenvalue weighted by Gasteiger charge is -2.19. The second kappa shape index (κ2) is 8.09. The van der Waals surface area contributed by atoms with Gasteiger partial charge in [-0.05, 0) is 24.3 Å². The minimum Gasteiger partial charge on any atom is -0.496 e. The molecule has 1 amide bonds. The van der Waals surface area contributed by atoms with E-state index in [1.807, 2.05) is 24.3 Å². The average Bonchev–Trinajstić information content (AvgIpc) is 2.52. The normalized spacial score (nSPS) is 10.3. The second-order valence-corrected chi connectivity index (χ2v) is 5.83. The van der Waals surface area contributed by atoms with Gasteiger partial charge in [0, 0.05) is 29.2 Å².